The second kappa shape index (κ2) is 9.61. The van der Waals surface area contributed by atoms with Crippen LogP contribution in [0.2, 0.25) is 5.02 Å². The topological polar surface area (TPSA) is 61.2 Å². The number of methoxy groups -OCH3 is 1. The summed E-state index contributed by atoms with van der Waals surface area (Å²) in [6.07, 6.45) is 5.54. The largest absolute Gasteiger partial charge is 0.497 e. The zero-order chi connectivity index (χ0) is 20.8. The lowest BCUT2D eigenvalue weighted by Gasteiger charge is -2.14. The van der Waals surface area contributed by atoms with E-state index in [1.165, 1.54) is 0 Å². The Morgan fingerprint density at radius 2 is 2.00 bits per heavy atom. The summed E-state index contributed by atoms with van der Waals surface area (Å²) in [6.45, 7) is 2.64. The maximum absolute atomic E-state index is 6.28. The van der Waals surface area contributed by atoms with Crippen LogP contribution in [-0.2, 0) is 19.7 Å². The lowest BCUT2D eigenvalue weighted by atomic mass is 10.1. The van der Waals surface area contributed by atoms with Gasteiger partial charge in [0.1, 0.15) is 12.4 Å². The van der Waals surface area contributed by atoms with Crippen LogP contribution in [0, 0.1) is 0 Å². The fraction of sp³-hybridized carbons (Fsp3) is 0.217. The Bertz CT molecular complexity index is 1120. The van der Waals surface area contributed by atoms with E-state index in [-0.39, 0.29) is 0 Å². The Morgan fingerprint density at radius 3 is 2.80 bits per heavy atom. The minimum atomic E-state index is 0.351. The highest BCUT2D eigenvalue weighted by Crippen LogP contribution is 2.27. The number of fused-ring (bicyclic) bond motifs is 1. The second-order valence-corrected chi connectivity index (χ2v) is 7.28. The third-order valence-corrected chi connectivity index (χ3v) is 5.18. The molecule has 0 saturated carbocycles. The first kappa shape index (κ1) is 20.2. The molecule has 7 heteroatoms. The van der Waals surface area contributed by atoms with Crippen molar-refractivity contribution in [2.75, 3.05) is 13.7 Å². The quantitative estimate of drug-likeness (QED) is 0.403. The molecule has 0 spiro atoms. The van der Waals surface area contributed by atoms with E-state index >= 15 is 0 Å². The summed E-state index contributed by atoms with van der Waals surface area (Å²) in [7, 11) is 1.65. The molecule has 0 radical (unpaired) electrons. The van der Waals surface area contributed by atoms with Gasteiger partial charge < -0.3 is 19.4 Å². The molecule has 2 aromatic heterocycles. The molecule has 0 aliphatic rings. The predicted molar refractivity (Wildman–Crippen MR) is 118 cm³/mol. The summed E-state index contributed by atoms with van der Waals surface area (Å²) in [5.41, 5.74) is 2.74. The fourth-order valence-corrected chi connectivity index (χ4v) is 3.35. The van der Waals surface area contributed by atoms with Crippen molar-refractivity contribution in [3.8, 4) is 11.6 Å². The number of nitrogens with zero attached hydrogens (tertiary/aromatic N) is 3. The molecule has 0 bridgehead atoms. The number of nitrogens with one attached hydrogen (secondary N) is 1. The first-order chi connectivity index (χ1) is 14.7. The molecule has 6 nitrogen and oxygen atoms in total. The zero-order valence-corrected chi connectivity index (χ0v) is 17.5. The molecule has 4 aromatic rings. The number of aromatic nitrogens is 3. The van der Waals surface area contributed by atoms with Crippen LogP contribution >= 0.6 is 11.6 Å². The van der Waals surface area contributed by atoms with Gasteiger partial charge in [0.2, 0.25) is 5.88 Å². The number of pyridine rings is 1. The lowest BCUT2D eigenvalue weighted by molar-refractivity contribution is 0.291. The molecule has 154 valence electrons. The van der Waals surface area contributed by atoms with Crippen molar-refractivity contribution in [3.05, 3.63) is 83.4 Å². The van der Waals surface area contributed by atoms with Crippen molar-refractivity contribution in [2.24, 2.45) is 0 Å². The Kier molecular flexibility index (Phi) is 6.47. The zero-order valence-electron chi connectivity index (χ0n) is 16.7. The molecule has 0 unspecified atom stereocenters. The highest BCUT2D eigenvalue weighted by molar-refractivity contribution is 6.31. The SMILES string of the molecule is COc1ccc2cc(CNCCn3ccnc3)c(OCc3ccccc3Cl)nc2c1. The molecule has 0 saturated heterocycles. The summed E-state index contributed by atoms with van der Waals surface area (Å²) in [5, 5.41) is 5.17. The van der Waals surface area contributed by atoms with Gasteiger partial charge in [-0.15, -0.1) is 0 Å². The average Bonchev–Trinajstić information content (AvgIpc) is 3.29. The molecule has 0 atom stereocenters. The predicted octanol–water partition coefficient (Wildman–Crippen LogP) is 4.46. The third-order valence-electron chi connectivity index (χ3n) is 4.81. The summed E-state index contributed by atoms with van der Waals surface area (Å²) in [5.74, 6) is 1.35. The van der Waals surface area contributed by atoms with Crippen LogP contribution < -0.4 is 14.8 Å². The van der Waals surface area contributed by atoms with Crippen molar-refractivity contribution in [1.29, 1.82) is 0 Å². The van der Waals surface area contributed by atoms with Gasteiger partial charge in [0, 0.05) is 59.6 Å². The van der Waals surface area contributed by atoms with Crippen LogP contribution in [0.15, 0.2) is 67.3 Å². The summed E-state index contributed by atoms with van der Waals surface area (Å²) < 4.78 is 13.5. The van der Waals surface area contributed by atoms with Gasteiger partial charge in [-0.3, -0.25) is 0 Å². The van der Waals surface area contributed by atoms with Crippen LogP contribution in [0.5, 0.6) is 11.6 Å². The van der Waals surface area contributed by atoms with Gasteiger partial charge in [-0.25, -0.2) is 9.97 Å². The first-order valence-corrected chi connectivity index (χ1v) is 10.1. The molecule has 30 heavy (non-hydrogen) atoms. The van der Waals surface area contributed by atoms with E-state index < -0.39 is 0 Å². The van der Waals surface area contributed by atoms with E-state index in [4.69, 9.17) is 26.1 Å². The number of hydrogen-bond donors (Lipinski definition) is 1. The Morgan fingerprint density at radius 1 is 1.10 bits per heavy atom. The van der Waals surface area contributed by atoms with E-state index in [0.29, 0.717) is 24.1 Å². The van der Waals surface area contributed by atoms with Gasteiger partial charge in [-0.1, -0.05) is 29.8 Å². The average molecular weight is 423 g/mol. The van der Waals surface area contributed by atoms with Crippen LogP contribution in [0.3, 0.4) is 0 Å². The summed E-state index contributed by atoms with van der Waals surface area (Å²) >= 11 is 6.28. The highest BCUT2D eigenvalue weighted by Gasteiger charge is 2.11. The summed E-state index contributed by atoms with van der Waals surface area (Å²) in [6, 6.07) is 15.6. The number of ether oxygens (including phenoxy) is 2. The maximum Gasteiger partial charge on any atom is 0.218 e. The number of hydrogen-bond acceptors (Lipinski definition) is 5. The molecule has 1 N–H and O–H groups in total. The van der Waals surface area contributed by atoms with Gasteiger partial charge in [0.05, 0.1) is 19.0 Å². The van der Waals surface area contributed by atoms with E-state index in [1.807, 2.05) is 59.6 Å². The van der Waals surface area contributed by atoms with Crippen LogP contribution in [0.4, 0.5) is 0 Å². The molecule has 0 amide bonds. The van der Waals surface area contributed by atoms with Crippen molar-refractivity contribution in [2.45, 2.75) is 19.7 Å². The molecule has 4 rings (SSSR count). The number of imidazole rings is 1. The number of benzene rings is 2. The van der Waals surface area contributed by atoms with E-state index in [9.17, 15) is 0 Å². The number of rotatable bonds is 9. The smallest absolute Gasteiger partial charge is 0.218 e. The van der Waals surface area contributed by atoms with Gasteiger partial charge >= 0.3 is 0 Å². The molecule has 2 heterocycles. The maximum atomic E-state index is 6.28. The first-order valence-electron chi connectivity index (χ1n) is 9.73. The third kappa shape index (κ3) is 4.90. The molecular weight excluding hydrogens is 400 g/mol. The number of halogens is 1. The summed E-state index contributed by atoms with van der Waals surface area (Å²) in [4.78, 5) is 8.82. The standard InChI is InChI=1S/C23H23ClN4O2/c1-29-20-7-6-17-12-19(14-25-8-10-28-11-9-26-16-28)23(27-22(17)13-20)30-15-18-4-2-3-5-21(18)24/h2-7,9,11-13,16,25H,8,10,14-15H2,1H3. The van der Waals surface area contributed by atoms with Crippen molar-refractivity contribution >= 4 is 22.5 Å². The molecule has 0 aliphatic carbocycles. The Balaban J connectivity index is 1.53. The van der Waals surface area contributed by atoms with Gasteiger partial charge in [0.25, 0.3) is 0 Å². The van der Waals surface area contributed by atoms with Crippen molar-refractivity contribution in [3.63, 3.8) is 0 Å². The molecule has 0 aliphatic heterocycles. The van der Waals surface area contributed by atoms with Gasteiger partial charge in [-0.05, 0) is 24.3 Å². The van der Waals surface area contributed by atoms with Crippen molar-refractivity contribution < 1.29 is 9.47 Å². The van der Waals surface area contributed by atoms with E-state index in [0.717, 1.165) is 40.9 Å². The minimum Gasteiger partial charge on any atom is -0.497 e. The molecule has 2 aromatic carbocycles. The van der Waals surface area contributed by atoms with E-state index in [2.05, 4.69) is 16.4 Å². The normalized spacial score (nSPS) is 11.0. The van der Waals surface area contributed by atoms with Crippen molar-refractivity contribution in [1.82, 2.24) is 19.9 Å². The molecule has 0 fully saturated rings. The monoisotopic (exact) mass is 422 g/mol. The van der Waals surface area contributed by atoms with Gasteiger partial charge in [0.15, 0.2) is 0 Å². The minimum absolute atomic E-state index is 0.351. The highest BCUT2D eigenvalue weighted by atomic mass is 35.5. The van der Waals surface area contributed by atoms with Gasteiger partial charge in [-0.2, -0.15) is 0 Å². The van der Waals surface area contributed by atoms with Crippen LogP contribution in [0.25, 0.3) is 10.9 Å². The van der Waals surface area contributed by atoms with E-state index in [1.54, 1.807) is 13.3 Å². The lowest BCUT2D eigenvalue weighted by Crippen LogP contribution is -2.19. The fourth-order valence-electron chi connectivity index (χ4n) is 3.16. The Hall–Kier alpha value is -3.09. The van der Waals surface area contributed by atoms with Crippen LogP contribution in [0.1, 0.15) is 11.1 Å². The molecular formula is C23H23ClN4O2. The second-order valence-electron chi connectivity index (χ2n) is 6.87. The Labute approximate surface area is 180 Å². The van der Waals surface area contributed by atoms with Crippen LogP contribution in [-0.4, -0.2) is 28.2 Å².